The highest BCUT2D eigenvalue weighted by atomic mass is 35.5. The largest absolute Gasteiger partial charge is 0.444 e. The van der Waals surface area contributed by atoms with Crippen LogP contribution < -0.4 is 16.8 Å². The van der Waals surface area contributed by atoms with Crippen molar-refractivity contribution in [1.82, 2.24) is 10.2 Å². The summed E-state index contributed by atoms with van der Waals surface area (Å²) in [5, 5.41) is 3.01. The second-order valence-electron chi connectivity index (χ2n) is 5.72. The zero-order valence-corrected chi connectivity index (χ0v) is 12.9. The zero-order valence-electron chi connectivity index (χ0n) is 12.1. The van der Waals surface area contributed by atoms with E-state index in [-0.39, 0.29) is 11.2 Å². The van der Waals surface area contributed by atoms with Crippen LogP contribution in [0, 0.1) is 0 Å². The van der Waals surface area contributed by atoms with Crippen molar-refractivity contribution in [2.24, 2.45) is 11.5 Å². The second kappa shape index (κ2) is 6.74. The number of rotatable bonds is 3. The summed E-state index contributed by atoms with van der Waals surface area (Å²) in [6.07, 6.45) is 3.59. The van der Waals surface area contributed by atoms with Gasteiger partial charge in [0.2, 0.25) is 0 Å². The van der Waals surface area contributed by atoms with E-state index in [2.05, 4.69) is 5.32 Å². The third-order valence-corrected chi connectivity index (χ3v) is 2.81. The van der Waals surface area contributed by atoms with E-state index in [1.165, 1.54) is 6.08 Å². The highest BCUT2D eigenvalue weighted by molar-refractivity contribution is 6.29. The molecule has 0 radical (unpaired) electrons. The molecule has 1 atom stereocenters. The number of nitrogens with one attached hydrogen (secondary N) is 1. The summed E-state index contributed by atoms with van der Waals surface area (Å²) in [4.78, 5) is 13.6. The van der Waals surface area contributed by atoms with Crippen molar-refractivity contribution < 1.29 is 9.53 Å². The van der Waals surface area contributed by atoms with Crippen molar-refractivity contribution in [2.45, 2.75) is 38.8 Å². The molecule has 114 valence electrons. The van der Waals surface area contributed by atoms with Gasteiger partial charge >= 0.3 is 6.09 Å². The molecule has 0 aromatic carbocycles. The molecule has 1 heterocycles. The third-order valence-electron chi connectivity index (χ3n) is 2.69. The predicted molar refractivity (Wildman–Crippen MR) is 79.7 cm³/mol. The fourth-order valence-electron chi connectivity index (χ4n) is 1.86. The van der Waals surface area contributed by atoms with Gasteiger partial charge in [0.1, 0.15) is 5.60 Å². The van der Waals surface area contributed by atoms with E-state index in [9.17, 15) is 4.79 Å². The minimum absolute atomic E-state index is 0.0223. The monoisotopic (exact) mass is 302 g/mol. The first-order chi connectivity index (χ1) is 9.17. The Bertz CT molecular complexity index is 411. The maximum absolute atomic E-state index is 11.7. The molecule has 6 nitrogen and oxygen atoms in total. The molecule has 1 fully saturated rings. The topological polar surface area (TPSA) is 93.6 Å². The fourth-order valence-corrected chi connectivity index (χ4v) is 1.92. The number of ether oxygens (including phenoxy) is 1. The van der Waals surface area contributed by atoms with Crippen LogP contribution in [0.15, 0.2) is 23.1 Å². The molecule has 0 spiro atoms. The molecule has 1 aliphatic rings. The lowest BCUT2D eigenvalue weighted by Gasteiger charge is -2.22. The van der Waals surface area contributed by atoms with E-state index in [0.717, 1.165) is 13.0 Å². The number of halogens is 1. The van der Waals surface area contributed by atoms with E-state index in [0.29, 0.717) is 12.4 Å². The van der Waals surface area contributed by atoms with Gasteiger partial charge in [-0.15, -0.1) is 0 Å². The number of alkyl carbamates (subject to hydrolysis) is 1. The van der Waals surface area contributed by atoms with Gasteiger partial charge in [-0.2, -0.15) is 0 Å². The molecule has 5 N–H and O–H groups in total. The molecule has 0 aromatic heterocycles. The average molecular weight is 303 g/mol. The van der Waals surface area contributed by atoms with Crippen LogP contribution >= 0.6 is 11.6 Å². The predicted octanol–water partition coefficient (Wildman–Crippen LogP) is 1.42. The zero-order chi connectivity index (χ0) is 15.3. The van der Waals surface area contributed by atoms with E-state index in [1.54, 1.807) is 6.08 Å². The highest BCUT2D eigenvalue weighted by Gasteiger charge is 2.26. The Balaban J connectivity index is 2.46. The number of nitrogens with two attached hydrogens (primary N) is 2. The Morgan fingerprint density at radius 3 is 2.60 bits per heavy atom. The minimum Gasteiger partial charge on any atom is -0.444 e. The van der Waals surface area contributed by atoms with Crippen LogP contribution in [0.25, 0.3) is 0 Å². The number of amides is 1. The van der Waals surface area contributed by atoms with Gasteiger partial charge in [0.05, 0.1) is 17.0 Å². The molecule has 0 aliphatic carbocycles. The molecule has 1 unspecified atom stereocenters. The number of carbonyl (C=O) groups is 1. The second-order valence-corrected chi connectivity index (χ2v) is 6.16. The summed E-state index contributed by atoms with van der Waals surface area (Å²) >= 11 is 5.53. The van der Waals surface area contributed by atoms with Gasteiger partial charge in [0.15, 0.2) is 0 Å². The summed E-state index contributed by atoms with van der Waals surface area (Å²) < 4.78 is 5.22. The van der Waals surface area contributed by atoms with Crippen LogP contribution in [0.1, 0.15) is 27.2 Å². The van der Waals surface area contributed by atoms with Gasteiger partial charge in [-0.25, -0.2) is 4.79 Å². The van der Waals surface area contributed by atoms with E-state index in [4.69, 9.17) is 27.8 Å². The lowest BCUT2D eigenvalue weighted by Crippen LogP contribution is -2.40. The first-order valence-corrected chi connectivity index (χ1v) is 6.88. The minimum atomic E-state index is -0.496. The summed E-state index contributed by atoms with van der Waals surface area (Å²) in [6, 6.07) is 0.0223. The van der Waals surface area contributed by atoms with Crippen LogP contribution in [-0.4, -0.2) is 35.7 Å². The van der Waals surface area contributed by atoms with Crippen LogP contribution in [0.4, 0.5) is 4.79 Å². The van der Waals surface area contributed by atoms with Gasteiger partial charge in [-0.3, -0.25) is 0 Å². The molecule has 1 saturated heterocycles. The Morgan fingerprint density at radius 2 is 2.05 bits per heavy atom. The molecule has 7 heteroatoms. The number of hydrogen-bond acceptors (Lipinski definition) is 5. The van der Waals surface area contributed by atoms with Crippen molar-refractivity contribution in [1.29, 1.82) is 0 Å². The number of allylic oxidation sites excluding steroid dienone is 2. The van der Waals surface area contributed by atoms with Crippen molar-refractivity contribution >= 4 is 17.7 Å². The van der Waals surface area contributed by atoms with Crippen molar-refractivity contribution in [3.05, 3.63) is 23.1 Å². The molecule has 0 saturated carbocycles. The molecule has 0 bridgehead atoms. The smallest absolute Gasteiger partial charge is 0.407 e. The summed E-state index contributed by atoms with van der Waals surface area (Å²) in [7, 11) is 0. The standard InChI is InChI=1S/C13H23ClN4O2/c1-13(2,3)20-12(19)17-9-6-7-18(8-9)11(16)5-4-10(14)15/h4-5,9H,6-8,15-16H2,1-3H3,(H,17,19)/b10-4-,11-5+. The molecule has 20 heavy (non-hydrogen) atoms. The van der Waals surface area contributed by atoms with Gasteiger partial charge < -0.3 is 26.4 Å². The van der Waals surface area contributed by atoms with Crippen molar-refractivity contribution in [3.8, 4) is 0 Å². The SMILES string of the molecule is CC(C)(C)OC(=O)NC1CCN(/C(N)=C/C=C(\N)Cl)C1. The molecule has 1 aliphatic heterocycles. The van der Waals surface area contributed by atoms with Crippen molar-refractivity contribution in [2.75, 3.05) is 13.1 Å². The molecule has 1 rings (SSSR count). The van der Waals surface area contributed by atoms with Gasteiger partial charge in [0.25, 0.3) is 0 Å². The Hall–Kier alpha value is -1.56. The molecular formula is C13H23ClN4O2. The van der Waals surface area contributed by atoms with E-state index in [1.807, 2.05) is 25.7 Å². The van der Waals surface area contributed by atoms with Crippen LogP contribution in [-0.2, 0) is 4.74 Å². The lowest BCUT2D eigenvalue weighted by molar-refractivity contribution is 0.0506. The van der Waals surface area contributed by atoms with E-state index < -0.39 is 11.7 Å². The van der Waals surface area contributed by atoms with Crippen LogP contribution in [0.5, 0.6) is 0 Å². The summed E-state index contributed by atoms with van der Waals surface area (Å²) in [5.41, 5.74) is 10.7. The van der Waals surface area contributed by atoms with Gasteiger partial charge in [-0.1, -0.05) is 11.6 Å². The Morgan fingerprint density at radius 1 is 1.40 bits per heavy atom. The van der Waals surface area contributed by atoms with Crippen molar-refractivity contribution in [3.63, 3.8) is 0 Å². The molecule has 1 amide bonds. The van der Waals surface area contributed by atoms with Crippen LogP contribution in [0.3, 0.4) is 0 Å². The number of hydrogen-bond donors (Lipinski definition) is 3. The first-order valence-electron chi connectivity index (χ1n) is 6.50. The van der Waals surface area contributed by atoms with Gasteiger partial charge in [0, 0.05) is 13.1 Å². The maximum atomic E-state index is 11.7. The van der Waals surface area contributed by atoms with Crippen LogP contribution in [0.2, 0.25) is 0 Å². The van der Waals surface area contributed by atoms with E-state index >= 15 is 0 Å². The third kappa shape index (κ3) is 6.06. The Kier molecular flexibility index (Phi) is 5.56. The molecular weight excluding hydrogens is 280 g/mol. The number of nitrogens with zero attached hydrogens (tertiary/aromatic N) is 1. The Labute approximate surface area is 124 Å². The highest BCUT2D eigenvalue weighted by Crippen LogP contribution is 2.14. The quantitative estimate of drug-likeness (QED) is 0.541. The summed E-state index contributed by atoms with van der Waals surface area (Å²) in [5.74, 6) is 0.571. The van der Waals surface area contributed by atoms with Gasteiger partial charge in [-0.05, 0) is 39.3 Å². The first kappa shape index (κ1) is 16.5. The molecule has 0 aromatic rings. The average Bonchev–Trinajstić information content (AvgIpc) is 2.71. The summed E-state index contributed by atoms with van der Waals surface area (Å²) in [6.45, 7) is 6.89. The fraction of sp³-hybridized carbons (Fsp3) is 0.615. The number of likely N-dealkylation sites (tertiary alicyclic amines) is 1. The maximum Gasteiger partial charge on any atom is 0.407 e. The normalized spacial score (nSPS) is 21.0. The lowest BCUT2D eigenvalue weighted by atomic mass is 10.2. The number of carbonyl (C=O) groups excluding carboxylic acids is 1.